The summed E-state index contributed by atoms with van der Waals surface area (Å²) in [7, 11) is 0. The lowest BCUT2D eigenvalue weighted by Gasteiger charge is -2.38. The number of rotatable bonds is 3. The van der Waals surface area contributed by atoms with E-state index in [0.29, 0.717) is 0 Å². The molecule has 2 aliphatic rings. The van der Waals surface area contributed by atoms with Crippen LogP contribution < -0.4 is 5.32 Å². The van der Waals surface area contributed by atoms with Crippen molar-refractivity contribution in [2.24, 2.45) is 5.92 Å². The molecule has 0 spiro atoms. The van der Waals surface area contributed by atoms with Crippen LogP contribution in [-0.2, 0) is 0 Å². The fraction of sp³-hybridized carbons (Fsp3) is 0.647. The Morgan fingerprint density at radius 1 is 1.29 bits per heavy atom. The Balaban J connectivity index is 1.62. The van der Waals surface area contributed by atoms with Crippen molar-refractivity contribution in [1.29, 1.82) is 0 Å². The van der Waals surface area contributed by atoms with E-state index in [4.69, 9.17) is 0 Å². The normalized spacial score (nSPS) is 26.1. The highest BCUT2D eigenvalue weighted by molar-refractivity contribution is 9.10. The summed E-state index contributed by atoms with van der Waals surface area (Å²) in [5.74, 6) is 0.716. The molecule has 2 atom stereocenters. The second-order valence-electron chi connectivity index (χ2n) is 6.42. The quantitative estimate of drug-likeness (QED) is 0.878. The Kier molecular flexibility index (Phi) is 4.97. The number of benzene rings is 1. The maximum absolute atomic E-state index is 14.0. The Hall–Kier alpha value is -0.450. The average Bonchev–Trinajstić information content (AvgIpc) is 3.03. The van der Waals surface area contributed by atoms with E-state index in [9.17, 15) is 4.39 Å². The van der Waals surface area contributed by atoms with Crippen LogP contribution >= 0.6 is 15.9 Å². The van der Waals surface area contributed by atoms with Crippen LogP contribution in [0.4, 0.5) is 4.39 Å². The minimum atomic E-state index is -0.0923. The van der Waals surface area contributed by atoms with Gasteiger partial charge in [-0.2, -0.15) is 0 Å². The molecule has 2 unspecified atom stereocenters. The summed E-state index contributed by atoms with van der Waals surface area (Å²) in [5.41, 5.74) is 0.807. The van der Waals surface area contributed by atoms with Gasteiger partial charge < -0.3 is 5.32 Å². The number of hydrogen-bond donors (Lipinski definition) is 1. The van der Waals surface area contributed by atoms with Crippen LogP contribution in [0.1, 0.15) is 44.2 Å². The van der Waals surface area contributed by atoms with E-state index in [1.807, 2.05) is 6.07 Å². The molecule has 2 saturated heterocycles. The summed E-state index contributed by atoms with van der Waals surface area (Å²) in [6, 6.07) is 6.13. The van der Waals surface area contributed by atoms with Crippen LogP contribution in [0.5, 0.6) is 0 Å². The Labute approximate surface area is 135 Å². The standard InChI is InChI=1S/C17H24BrFN2/c1-12(15-11-14(18)4-5-16(15)19)21-9-6-13(7-10-21)17-3-2-8-20-17/h4-5,11-13,17,20H,2-3,6-10H2,1H3. The van der Waals surface area contributed by atoms with Gasteiger partial charge in [-0.05, 0) is 76.4 Å². The van der Waals surface area contributed by atoms with Crippen LogP contribution in [0, 0.1) is 11.7 Å². The van der Waals surface area contributed by atoms with Gasteiger partial charge in [0, 0.05) is 22.1 Å². The van der Waals surface area contributed by atoms with E-state index in [-0.39, 0.29) is 11.9 Å². The van der Waals surface area contributed by atoms with Crippen molar-refractivity contribution in [3.63, 3.8) is 0 Å². The third-order valence-electron chi connectivity index (χ3n) is 5.20. The molecule has 2 fully saturated rings. The SMILES string of the molecule is CC(c1cc(Br)ccc1F)N1CCC(C2CCCN2)CC1. The lowest BCUT2D eigenvalue weighted by Crippen LogP contribution is -2.41. The zero-order valence-electron chi connectivity index (χ0n) is 12.6. The smallest absolute Gasteiger partial charge is 0.128 e. The molecule has 21 heavy (non-hydrogen) atoms. The fourth-order valence-electron chi connectivity index (χ4n) is 3.85. The summed E-state index contributed by atoms with van der Waals surface area (Å²) in [6.45, 7) is 5.47. The van der Waals surface area contributed by atoms with Crippen LogP contribution in [0.15, 0.2) is 22.7 Å². The van der Waals surface area contributed by atoms with Gasteiger partial charge in [-0.3, -0.25) is 4.90 Å². The van der Waals surface area contributed by atoms with Crippen molar-refractivity contribution in [2.45, 2.75) is 44.7 Å². The molecule has 2 heterocycles. The monoisotopic (exact) mass is 354 g/mol. The molecular weight excluding hydrogens is 331 g/mol. The number of nitrogens with zero attached hydrogens (tertiary/aromatic N) is 1. The zero-order valence-corrected chi connectivity index (χ0v) is 14.2. The first kappa shape index (κ1) is 15.4. The molecule has 1 aromatic rings. The largest absolute Gasteiger partial charge is 0.314 e. The zero-order chi connectivity index (χ0) is 14.8. The highest BCUT2D eigenvalue weighted by atomic mass is 79.9. The first-order chi connectivity index (χ1) is 10.1. The number of halogens is 2. The number of likely N-dealkylation sites (tertiary alicyclic amines) is 1. The molecule has 2 nitrogen and oxygen atoms in total. The van der Waals surface area contributed by atoms with E-state index >= 15 is 0 Å². The van der Waals surface area contributed by atoms with Crippen molar-refractivity contribution in [2.75, 3.05) is 19.6 Å². The highest BCUT2D eigenvalue weighted by Gasteiger charge is 2.30. The second-order valence-corrected chi connectivity index (χ2v) is 7.33. The van der Waals surface area contributed by atoms with Gasteiger partial charge in [0.1, 0.15) is 5.82 Å². The summed E-state index contributed by atoms with van der Waals surface area (Å²) < 4.78 is 15.0. The second kappa shape index (κ2) is 6.76. The maximum atomic E-state index is 14.0. The van der Waals surface area contributed by atoms with Gasteiger partial charge in [-0.25, -0.2) is 4.39 Å². The van der Waals surface area contributed by atoms with Crippen molar-refractivity contribution in [3.8, 4) is 0 Å². The van der Waals surface area contributed by atoms with Crippen LogP contribution in [0.25, 0.3) is 0 Å². The van der Waals surface area contributed by atoms with Crippen LogP contribution in [0.2, 0.25) is 0 Å². The summed E-state index contributed by atoms with van der Waals surface area (Å²) >= 11 is 3.45. The van der Waals surface area contributed by atoms with Gasteiger partial charge >= 0.3 is 0 Å². The molecule has 0 aliphatic carbocycles. The molecule has 0 bridgehead atoms. The molecule has 0 radical (unpaired) electrons. The number of nitrogens with one attached hydrogen (secondary N) is 1. The molecular formula is C17H24BrFN2. The third-order valence-corrected chi connectivity index (χ3v) is 5.69. The fourth-order valence-corrected chi connectivity index (χ4v) is 4.23. The van der Waals surface area contributed by atoms with Gasteiger partial charge in [-0.15, -0.1) is 0 Å². The van der Waals surface area contributed by atoms with Crippen LogP contribution in [-0.4, -0.2) is 30.6 Å². The summed E-state index contributed by atoms with van der Waals surface area (Å²) in [4.78, 5) is 2.43. The van der Waals surface area contributed by atoms with E-state index in [1.54, 1.807) is 12.1 Å². The predicted octanol–water partition coefficient (Wildman–Crippen LogP) is 4.11. The summed E-state index contributed by atoms with van der Waals surface area (Å²) in [6.07, 6.45) is 5.13. The van der Waals surface area contributed by atoms with Crippen molar-refractivity contribution in [3.05, 3.63) is 34.1 Å². The molecule has 4 heteroatoms. The maximum Gasteiger partial charge on any atom is 0.128 e. The van der Waals surface area contributed by atoms with E-state index < -0.39 is 0 Å². The molecule has 0 saturated carbocycles. The predicted molar refractivity (Wildman–Crippen MR) is 87.8 cm³/mol. The topological polar surface area (TPSA) is 15.3 Å². The first-order valence-electron chi connectivity index (χ1n) is 8.07. The lowest BCUT2D eigenvalue weighted by atomic mass is 9.87. The van der Waals surface area contributed by atoms with E-state index in [2.05, 4.69) is 33.1 Å². The minimum Gasteiger partial charge on any atom is -0.314 e. The average molecular weight is 355 g/mol. The molecule has 0 aromatic heterocycles. The van der Waals surface area contributed by atoms with Gasteiger partial charge in [-0.1, -0.05) is 15.9 Å². The van der Waals surface area contributed by atoms with Gasteiger partial charge in [0.25, 0.3) is 0 Å². The van der Waals surface area contributed by atoms with Crippen molar-refractivity contribution < 1.29 is 4.39 Å². The first-order valence-corrected chi connectivity index (χ1v) is 8.87. The molecule has 1 N–H and O–H groups in total. The molecule has 2 aliphatic heterocycles. The van der Waals surface area contributed by atoms with Gasteiger partial charge in [0.05, 0.1) is 0 Å². The third kappa shape index (κ3) is 3.49. The van der Waals surface area contributed by atoms with Gasteiger partial charge in [0.15, 0.2) is 0 Å². The van der Waals surface area contributed by atoms with Crippen molar-refractivity contribution >= 4 is 15.9 Å². The molecule has 116 valence electrons. The molecule has 1 aromatic carbocycles. The summed E-state index contributed by atoms with van der Waals surface area (Å²) in [5, 5.41) is 3.63. The lowest BCUT2D eigenvalue weighted by molar-refractivity contribution is 0.125. The Morgan fingerprint density at radius 3 is 2.71 bits per heavy atom. The Morgan fingerprint density at radius 2 is 2.05 bits per heavy atom. The highest BCUT2D eigenvalue weighted by Crippen LogP contribution is 2.32. The Bertz CT molecular complexity index is 480. The molecule has 3 rings (SSSR count). The van der Waals surface area contributed by atoms with E-state index in [1.165, 1.54) is 32.2 Å². The van der Waals surface area contributed by atoms with E-state index in [0.717, 1.165) is 35.1 Å². The minimum absolute atomic E-state index is 0.0923. The van der Waals surface area contributed by atoms with Crippen LogP contribution in [0.3, 0.4) is 0 Å². The van der Waals surface area contributed by atoms with Crippen molar-refractivity contribution in [1.82, 2.24) is 10.2 Å². The number of piperidine rings is 1. The van der Waals surface area contributed by atoms with Gasteiger partial charge in [0.2, 0.25) is 0 Å². The number of hydrogen-bond acceptors (Lipinski definition) is 2. The molecule has 0 amide bonds.